The summed E-state index contributed by atoms with van der Waals surface area (Å²) in [5, 5.41) is 19.2. The molecule has 1 heterocycles. The molecule has 0 bridgehead atoms. The Kier molecular flexibility index (Phi) is 5.15. The third-order valence-corrected chi connectivity index (χ3v) is 5.68. The summed E-state index contributed by atoms with van der Waals surface area (Å²) in [5.41, 5.74) is 6.69. The number of hydrogen-bond acceptors (Lipinski definition) is 2. The highest BCUT2D eigenvalue weighted by Crippen LogP contribution is 2.37. The fourth-order valence-corrected chi connectivity index (χ4v) is 4.40. The first-order valence-electron chi connectivity index (χ1n) is 9.92. The van der Waals surface area contributed by atoms with Gasteiger partial charge in [0.2, 0.25) is 0 Å². The molecule has 1 aliphatic carbocycles. The van der Waals surface area contributed by atoms with Gasteiger partial charge < -0.3 is 14.8 Å². The van der Waals surface area contributed by atoms with Gasteiger partial charge >= 0.3 is 0 Å². The highest BCUT2D eigenvalue weighted by molar-refractivity contribution is 5.66. The number of hydrogen-bond donors (Lipinski definition) is 2. The summed E-state index contributed by atoms with van der Waals surface area (Å²) in [6.45, 7) is 2.27. The van der Waals surface area contributed by atoms with E-state index in [1.165, 1.54) is 41.8 Å². The molecule has 1 aliphatic rings. The lowest BCUT2D eigenvalue weighted by Gasteiger charge is -2.24. The van der Waals surface area contributed by atoms with Gasteiger partial charge in [-0.25, -0.2) is 0 Å². The number of benzene rings is 2. The number of rotatable bonds is 5. The van der Waals surface area contributed by atoms with Crippen LogP contribution in [0.15, 0.2) is 60.7 Å². The first-order valence-corrected chi connectivity index (χ1v) is 9.92. The van der Waals surface area contributed by atoms with Crippen LogP contribution in [-0.4, -0.2) is 14.8 Å². The van der Waals surface area contributed by atoms with Gasteiger partial charge in [-0.1, -0.05) is 62.2 Å². The Morgan fingerprint density at radius 1 is 1.04 bits per heavy atom. The summed E-state index contributed by atoms with van der Waals surface area (Å²) in [6, 6.07) is 20.4. The zero-order chi connectivity index (χ0) is 18.8. The summed E-state index contributed by atoms with van der Waals surface area (Å²) in [7, 11) is 0. The maximum atomic E-state index is 9.61. The van der Waals surface area contributed by atoms with Gasteiger partial charge in [0.1, 0.15) is 0 Å². The van der Waals surface area contributed by atoms with Gasteiger partial charge in [-0.2, -0.15) is 0 Å². The van der Waals surface area contributed by atoms with Crippen molar-refractivity contribution in [1.29, 1.82) is 0 Å². The zero-order valence-electron chi connectivity index (χ0n) is 15.8. The van der Waals surface area contributed by atoms with Crippen molar-refractivity contribution in [2.24, 2.45) is 5.92 Å². The lowest BCUT2D eigenvalue weighted by atomic mass is 9.85. The van der Waals surface area contributed by atoms with Crippen LogP contribution in [0.2, 0.25) is 0 Å². The predicted octanol–water partition coefficient (Wildman–Crippen LogP) is 5.03. The molecule has 0 saturated carbocycles. The molecule has 0 spiro atoms. The van der Waals surface area contributed by atoms with Crippen LogP contribution in [0.1, 0.15) is 49.3 Å². The van der Waals surface area contributed by atoms with E-state index in [2.05, 4.69) is 47.9 Å². The minimum atomic E-state index is -1.45. The van der Waals surface area contributed by atoms with Gasteiger partial charge in [0.05, 0.1) is 5.69 Å². The molecule has 1 atom stereocenters. The normalized spacial score (nSPS) is 16.5. The van der Waals surface area contributed by atoms with Gasteiger partial charge in [0.15, 0.2) is 6.29 Å². The molecule has 3 nitrogen and oxygen atoms in total. The molecule has 27 heavy (non-hydrogen) atoms. The number of aromatic nitrogens is 1. The van der Waals surface area contributed by atoms with Gasteiger partial charge in [0, 0.05) is 16.9 Å². The van der Waals surface area contributed by atoms with E-state index in [4.69, 9.17) is 0 Å². The molecule has 1 unspecified atom stereocenters. The average Bonchev–Trinajstić information content (AvgIpc) is 3.08. The molecule has 4 rings (SSSR count). The Morgan fingerprint density at radius 3 is 2.59 bits per heavy atom. The SMILES string of the molecule is CCCC1CCc2c(cc(-c3ccccc3)n2-c2cccc(C(O)O)c2)C1. The summed E-state index contributed by atoms with van der Waals surface area (Å²) in [5.74, 6) is 0.771. The van der Waals surface area contributed by atoms with Gasteiger partial charge in [-0.3, -0.25) is 0 Å². The maximum Gasteiger partial charge on any atom is 0.178 e. The highest BCUT2D eigenvalue weighted by atomic mass is 16.5. The molecule has 0 aliphatic heterocycles. The predicted molar refractivity (Wildman–Crippen MR) is 109 cm³/mol. The van der Waals surface area contributed by atoms with Gasteiger partial charge in [-0.05, 0) is 54.5 Å². The van der Waals surface area contributed by atoms with E-state index in [0.29, 0.717) is 5.56 Å². The van der Waals surface area contributed by atoms with Crippen molar-refractivity contribution in [3.05, 3.63) is 77.5 Å². The summed E-state index contributed by atoms with van der Waals surface area (Å²) in [4.78, 5) is 0. The van der Waals surface area contributed by atoms with Crippen molar-refractivity contribution in [3.63, 3.8) is 0 Å². The smallest absolute Gasteiger partial charge is 0.178 e. The Balaban J connectivity index is 1.86. The number of aliphatic hydroxyl groups is 2. The van der Waals surface area contributed by atoms with Crippen LogP contribution in [0, 0.1) is 5.92 Å². The zero-order valence-corrected chi connectivity index (χ0v) is 15.8. The van der Waals surface area contributed by atoms with Crippen LogP contribution in [0.3, 0.4) is 0 Å². The minimum absolute atomic E-state index is 0.522. The van der Waals surface area contributed by atoms with Gasteiger partial charge in [0.25, 0.3) is 0 Å². The van der Waals surface area contributed by atoms with E-state index in [-0.39, 0.29) is 0 Å². The van der Waals surface area contributed by atoms with E-state index in [9.17, 15) is 10.2 Å². The molecule has 1 aromatic heterocycles. The van der Waals surface area contributed by atoms with E-state index in [1.54, 1.807) is 6.07 Å². The summed E-state index contributed by atoms with van der Waals surface area (Å²) >= 11 is 0. The first kappa shape index (κ1) is 18.0. The molecule has 2 aromatic carbocycles. The van der Waals surface area contributed by atoms with Crippen LogP contribution < -0.4 is 0 Å². The van der Waals surface area contributed by atoms with Crippen LogP contribution >= 0.6 is 0 Å². The second-order valence-electron chi connectivity index (χ2n) is 7.57. The fourth-order valence-electron chi connectivity index (χ4n) is 4.40. The van der Waals surface area contributed by atoms with Crippen LogP contribution in [-0.2, 0) is 12.8 Å². The van der Waals surface area contributed by atoms with Gasteiger partial charge in [-0.15, -0.1) is 0 Å². The molecule has 0 saturated heterocycles. The lowest BCUT2D eigenvalue weighted by Crippen LogP contribution is -2.15. The largest absolute Gasteiger partial charge is 0.364 e. The monoisotopic (exact) mass is 361 g/mol. The van der Waals surface area contributed by atoms with E-state index < -0.39 is 6.29 Å². The lowest BCUT2D eigenvalue weighted by molar-refractivity contribution is -0.0424. The van der Waals surface area contributed by atoms with Crippen molar-refractivity contribution in [1.82, 2.24) is 4.57 Å². The standard InChI is InChI=1S/C24H27NO2/c1-2-7-17-12-13-22-20(14-17)16-23(18-8-4-3-5-9-18)25(22)21-11-6-10-19(15-21)24(26)27/h3-6,8-11,15-17,24,26-27H,2,7,12-14H2,1H3. The van der Waals surface area contributed by atoms with Crippen LogP contribution in [0.4, 0.5) is 0 Å². The topological polar surface area (TPSA) is 45.4 Å². The quantitative estimate of drug-likeness (QED) is 0.626. The Hall–Kier alpha value is -2.36. The highest BCUT2D eigenvalue weighted by Gasteiger charge is 2.25. The second-order valence-corrected chi connectivity index (χ2v) is 7.57. The minimum Gasteiger partial charge on any atom is -0.364 e. The molecular weight excluding hydrogens is 334 g/mol. The molecule has 3 aromatic rings. The number of nitrogens with zero attached hydrogens (tertiary/aromatic N) is 1. The van der Waals surface area contributed by atoms with Crippen molar-refractivity contribution in [3.8, 4) is 16.9 Å². The third kappa shape index (κ3) is 3.58. The van der Waals surface area contributed by atoms with Crippen LogP contribution in [0.25, 0.3) is 16.9 Å². The molecule has 0 amide bonds. The van der Waals surface area contributed by atoms with Crippen molar-refractivity contribution < 1.29 is 10.2 Å². The van der Waals surface area contributed by atoms with E-state index in [1.807, 2.05) is 18.2 Å². The molecule has 2 N–H and O–H groups in total. The molecule has 0 radical (unpaired) electrons. The Morgan fingerprint density at radius 2 is 1.85 bits per heavy atom. The maximum absolute atomic E-state index is 9.61. The first-order chi connectivity index (χ1) is 13.2. The van der Waals surface area contributed by atoms with Crippen molar-refractivity contribution >= 4 is 0 Å². The van der Waals surface area contributed by atoms with Crippen molar-refractivity contribution in [2.75, 3.05) is 0 Å². The molecule has 0 fully saturated rings. The average molecular weight is 361 g/mol. The van der Waals surface area contributed by atoms with E-state index in [0.717, 1.165) is 24.4 Å². The number of aliphatic hydroxyl groups excluding tert-OH is 1. The molecule has 140 valence electrons. The Labute approximate surface area is 160 Å². The molecule has 3 heteroatoms. The fraction of sp³-hybridized carbons (Fsp3) is 0.333. The molecular formula is C24H27NO2. The number of fused-ring (bicyclic) bond motifs is 1. The van der Waals surface area contributed by atoms with E-state index >= 15 is 0 Å². The summed E-state index contributed by atoms with van der Waals surface area (Å²) < 4.78 is 2.32. The van der Waals surface area contributed by atoms with Crippen LogP contribution in [0.5, 0.6) is 0 Å². The Bertz CT molecular complexity index is 911. The summed E-state index contributed by atoms with van der Waals surface area (Å²) in [6.07, 6.45) is 4.50. The second kappa shape index (κ2) is 7.71. The van der Waals surface area contributed by atoms with Crippen molar-refractivity contribution in [2.45, 2.75) is 45.3 Å². The third-order valence-electron chi connectivity index (χ3n) is 5.68.